The molecule has 0 aliphatic heterocycles. The van der Waals surface area contributed by atoms with E-state index in [2.05, 4.69) is 50.4 Å². The molecule has 1 nitrogen and oxygen atoms in total. The van der Waals surface area contributed by atoms with Gasteiger partial charge in [-0.2, -0.15) is 0 Å². The van der Waals surface area contributed by atoms with Gasteiger partial charge in [0.25, 0.3) is 0 Å². The number of hydrogen-bond acceptors (Lipinski definition) is 1. The molecule has 0 aromatic rings. The van der Waals surface area contributed by atoms with Crippen LogP contribution in [0, 0.1) is 0 Å². The molecular weight excluding hydrogens is 374 g/mol. The van der Waals surface area contributed by atoms with Gasteiger partial charge < -0.3 is 5.32 Å². The van der Waals surface area contributed by atoms with Crippen molar-refractivity contribution in [1.29, 1.82) is 0 Å². The summed E-state index contributed by atoms with van der Waals surface area (Å²) in [5.74, 6) is 0. The van der Waals surface area contributed by atoms with E-state index < -0.39 is 0 Å². The molecule has 0 amide bonds. The molecule has 184 valence electrons. The van der Waals surface area contributed by atoms with Crippen LogP contribution in [0.3, 0.4) is 0 Å². The molecule has 0 aromatic heterocycles. The van der Waals surface area contributed by atoms with Gasteiger partial charge >= 0.3 is 0 Å². The quantitative estimate of drug-likeness (QED) is 0.111. The largest absolute Gasteiger partial charge is 0.314 e. The van der Waals surface area contributed by atoms with Crippen LogP contribution in [0.25, 0.3) is 0 Å². The topological polar surface area (TPSA) is 12.0 Å². The number of nitrogens with one attached hydrogen (secondary N) is 1. The Bertz CT molecular complexity index is 371. The molecule has 0 heterocycles. The fraction of sp³-hybridized carbons (Fsp3) is 0.867. The molecule has 0 rings (SSSR count). The zero-order chi connectivity index (χ0) is 22.7. The van der Waals surface area contributed by atoms with Crippen molar-refractivity contribution < 1.29 is 0 Å². The second-order valence-electron chi connectivity index (χ2n) is 9.54. The van der Waals surface area contributed by atoms with E-state index in [9.17, 15) is 0 Å². The second-order valence-corrected chi connectivity index (χ2v) is 9.54. The summed E-state index contributed by atoms with van der Waals surface area (Å²) >= 11 is 0. The highest BCUT2D eigenvalue weighted by Crippen LogP contribution is 2.15. The molecule has 0 bridgehead atoms. The monoisotopic (exact) mass is 433 g/mol. The van der Waals surface area contributed by atoms with Crippen molar-refractivity contribution in [3.05, 3.63) is 24.3 Å². The lowest BCUT2D eigenvalue weighted by molar-refractivity contribution is 0.420. The maximum atomic E-state index is 3.71. The van der Waals surface area contributed by atoms with Crippen molar-refractivity contribution in [2.45, 2.75) is 162 Å². The van der Waals surface area contributed by atoms with Crippen LogP contribution in [0.2, 0.25) is 0 Å². The number of hydrogen-bond donors (Lipinski definition) is 1. The minimum atomic E-state index is 0.776. The van der Waals surface area contributed by atoms with E-state index in [-0.39, 0.29) is 0 Å². The van der Waals surface area contributed by atoms with Gasteiger partial charge in [-0.25, -0.2) is 0 Å². The summed E-state index contributed by atoms with van der Waals surface area (Å²) in [7, 11) is 0. The van der Waals surface area contributed by atoms with Crippen molar-refractivity contribution in [3.8, 4) is 0 Å². The molecule has 0 aliphatic carbocycles. The van der Waals surface area contributed by atoms with Crippen LogP contribution >= 0.6 is 0 Å². The third kappa shape index (κ3) is 25.6. The predicted octanol–water partition coefficient (Wildman–Crippen LogP) is 10.3. The Morgan fingerprint density at radius 3 is 1.42 bits per heavy atom. The van der Waals surface area contributed by atoms with Gasteiger partial charge in [0.2, 0.25) is 0 Å². The highest BCUT2D eigenvalue weighted by molar-refractivity contribution is 4.92. The van der Waals surface area contributed by atoms with Crippen molar-refractivity contribution >= 4 is 0 Å². The van der Waals surface area contributed by atoms with E-state index in [4.69, 9.17) is 0 Å². The van der Waals surface area contributed by atoms with Crippen molar-refractivity contribution in [2.24, 2.45) is 0 Å². The molecule has 0 saturated carbocycles. The molecule has 0 aliphatic rings. The average molecular weight is 434 g/mol. The Hall–Kier alpha value is -0.560. The summed E-state index contributed by atoms with van der Waals surface area (Å²) in [4.78, 5) is 0. The van der Waals surface area contributed by atoms with Gasteiger partial charge in [0.1, 0.15) is 0 Å². The minimum Gasteiger partial charge on any atom is -0.314 e. The third-order valence-electron chi connectivity index (χ3n) is 6.40. The van der Waals surface area contributed by atoms with Crippen LogP contribution in [0.1, 0.15) is 156 Å². The lowest BCUT2D eigenvalue weighted by Gasteiger charge is -2.17. The summed E-state index contributed by atoms with van der Waals surface area (Å²) in [6.07, 6.45) is 38.4. The van der Waals surface area contributed by atoms with Crippen LogP contribution in [0.5, 0.6) is 0 Å². The summed E-state index contributed by atoms with van der Waals surface area (Å²) < 4.78 is 0. The maximum Gasteiger partial charge on any atom is 0.00669 e. The van der Waals surface area contributed by atoms with Gasteiger partial charge in [-0.3, -0.25) is 0 Å². The molecule has 1 N–H and O–H groups in total. The van der Waals surface area contributed by atoms with Crippen molar-refractivity contribution in [1.82, 2.24) is 5.32 Å². The summed E-state index contributed by atoms with van der Waals surface area (Å²) in [5.41, 5.74) is 0. The average Bonchev–Trinajstić information content (AvgIpc) is 2.78. The summed E-state index contributed by atoms with van der Waals surface area (Å²) in [5, 5.41) is 3.71. The molecule has 0 aromatic carbocycles. The Labute approximate surface area is 197 Å². The Morgan fingerprint density at radius 2 is 0.903 bits per heavy atom. The maximum absolute atomic E-state index is 3.71. The fourth-order valence-electron chi connectivity index (χ4n) is 4.36. The van der Waals surface area contributed by atoms with Gasteiger partial charge in [0.05, 0.1) is 0 Å². The van der Waals surface area contributed by atoms with Crippen molar-refractivity contribution in [3.63, 3.8) is 0 Å². The first-order valence-electron chi connectivity index (χ1n) is 14.4. The van der Waals surface area contributed by atoms with Gasteiger partial charge in [0, 0.05) is 6.04 Å². The van der Waals surface area contributed by atoms with Crippen LogP contribution < -0.4 is 5.32 Å². The van der Waals surface area contributed by atoms with Gasteiger partial charge in [-0.05, 0) is 51.5 Å². The Kier molecular flexibility index (Phi) is 27.0. The van der Waals surface area contributed by atoms with Crippen LogP contribution in [-0.2, 0) is 0 Å². The smallest absolute Gasteiger partial charge is 0.00669 e. The van der Waals surface area contributed by atoms with Gasteiger partial charge in [-0.1, -0.05) is 135 Å². The molecular formula is C30H59N. The second kappa shape index (κ2) is 27.5. The van der Waals surface area contributed by atoms with E-state index in [1.807, 2.05) is 0 Å². The number of rotatable bonds is 25. The summed E-state index contributed by atoms with van der Waals surface area (Å²) in [6, 6.07) is 0.776. The minimum absolute atomic E-state index is 0.776. The first-order valence-corrected chi connectivity index (χ1v) is 14.4. The zero-order valence-electron chi connectivity index (χ0n) is 21.9. The first-order chi connectivity index (χ1) is 15.3. The highest BCUT2D eigenvalue weighted by Gasteiger charge is 2.06. The summed E-state index contributed by atoms with van der Waals surface area (Å²) in [6.45, 7) is 7.95. The lowest BCUT2D eigenvalue weighted by atomic mass is 10.00. The molecule has 0 saturated heterocycles. The highest BCUT2D eigenvalue weighted by atomic mass is 14.9. The molecule has 1 heteroatoms. The normalized spacial score (nSPS) is 13.0. The SMILES string of the molecule is CCCCCC=CCC=CCCCCCCCCCCCC(CCCCCC)NCC. The first kappa shape index (κ1) is 30.4. The van der Waals surface area contributed by atoms with E-state index in [0.29, 0.717) is 0 Å². The van der Waals surface area contributed by atoms with Gasteiger partial charge in [-0.15, -0.1) is 0 Å². The van der Waals surface area contributed by atoms with Crippen LogP contribution in [0.15, 0.2) is 24.3 Å². The fourth-order valence-corrected chi connectivity index (χ4v) is 4.36. The Balaban J connectivity index is 3.35. The van der Waals surface area contributed by atoms with Crippen LogP contribution in [0.4, 0.5) is 0 Å². The predicted molar refractivity (Wildman–Crippen MR) is 144 cm³/mol. The zero-order valence-corrected chi connectivity index (χ0v) is 21.9. The molecule has 31 heavy (non-hydrogen) atoms. The molecule has 1 atom stereocenters. The molecule has 1 unspecified atom stereocenters. The van der Waals surface area contributed by atoms with E-state index in [1.54, 1.807) is 0 Å². The van der Waals surface area contributed by atoms with E-state index in [0.717, 1.165) is 19.0 Å². The molecule has 0 spiro atoms. The van der Waals surface area contributed by atoms with Crippen LogP contribution in [-0.4, -0.2) is 12.6 Å². The third-order valence-corrected chi connectivity index (χ3v) is 6.40. The number of unbranched alkanes of at least 4 members (excludes halogenated alkanes) is 15. The van der Waals surface area contributed by atoms with Gasteiger partial charge in [0.15, 0.2) is 0 Å². The lowest BCUT2D eigenvalue weighted by Crippen LogP contribution is -2.28. The number of allylic oxidation sites excluding steroid dienone is 4. The van der Waals surface area contributed by atoms with E-state index >= 15 is 0 Å². The van der Waals surface area contributed by atoms with Crippen molar-refractivity contribution in [2.75, 3.05) is 6.54 Å². The molecule has 0 radical (unpaired) electrons. The molecule has 0 fully saturated rings. The van der Waals surface area contributed by atoms with E-state index in [1.165, 1.54) is 128 Å². The Morgan fingerprint density at radius 1 is 0.484 bits per heavy atom. The standard InChI is InChI=1S/C30H59N/c1-4-7-9-11-12-13-14-15-16-17-18-19-20-21-22-23-24-25-27-29-30(31-6-3)28-26-10-8-5-2/h12-13,15-16,30-31H,4-11,14,17-29H2,1-3H3.